The molecule has 5 aromatic rings. The summed E-state index contributed by atoms with van der Waals surface area (Å²) in [6, 6.07) is 22.5. The zero-order valence-electron chi connectivity index (χ0n) is 29.0. The van der Waals surface area contributed by atoms with Gasteiger partial charge in [-0.1, -0.05) is 23.7 Å². The summed E-state index contributed by atoms with van der Waals surface area (Å²) >= 11 is 9.59. The maximum Gasteiger partial charge on any atom is 0.292 e. The SMILES string of the molecule is N#Cc1ccc(C2CC2)cc1Oc1ccc(-n2ncc(NC[C@@]3(F)CCCOC3)c(Cl)c2=O)cn1.N#Cc1ccc(C2CC2)cc1Oc1ccc(Br)cn1. The molecule has 0 radical (unpaired) electrons. The molecule has 0 unspecified atom stereocenters. The van der Waals surface area contributed by atoms with E-state index >= 15 is 0 Å². The van der Waals surface area contributed by atoms with Crippen LogP contribution in [0.4, 0.5) is 10.1 Å². The van der Waals surface area contributed by atoms with Crippen molar-refractivity contribution in [3.63, 3.8) is 0 Å². The molecule has 3 fully saturated rings. The summed E-state index contributed by atoms with van der Waals surface area (Å²) in [7, 11) is 0. The molecule has 1 atom stereocenters. The van der Waals surface area contributed by atoms with Crippen molar-refractivity contribution in [2.75, 3.05) is 25.1 Å². The summed E-state index contributed by atoms with van der Waals surface area (Å²) in [6.45, 7) is 0.523. The Labute approximate surface area is 324 Å². The van der Waals surface area contributed by atoms with Gasteiger partial charge in [0.25, 0.3) is 5.56 Å². The summed E-state index contributed by atoms with van der Waals surface area (Å²) in [6.07, 6.45) is 10.2. The van der Waals surface area contributed by atoms with E-state index in [4.69, 9.17) is 31.1 Å². The molecule has 1 saturated heterocycles. The van der Waals surface area contributed by atoms with Crippen LogP contribution in [0.2, 0.25) is 5.02 Å². The van der Waals surface area contributed by atoms with Crippen molar-refractivity contribution in [3.05, 3.63) is 121 Å². The van der Waals surface area contributed by atoms with E-state index in [2.05, 4.69) is 48.5 Å². The van der Waals surface area contributed by atoms with Crippen LogP contribution < -0.4 is 20.3 Å². The molecule has 2 saturated carbocycles. The Kier molecular flexibility index (Phi) is 11.2. The van der Waals surface area contributed by atoms with E-state index in [0.29, 0.717) is 65.5 Å². The number of hydrogen-bond donors (Lipinski definition) is 1. The lowest BCUT2D eigenvalue weighted by Gasteiger charge is -2.29. The molecule has 3 aliphatic rings. The fraction of sp³-hybridized carbons (Fsp3) is 0.300. The highest BCUT2D eigenvalue weighted by Crippen LogP contribution is 2.43. The fourth-order valence-corrected chi connectivity index (χ4v) is 6.36. The van der Waals surface area contributed by atoms with Gasteiger partial charge in [0, 0.05) is 29.4 Å². The van der Waals surface area contributed by atoms with Gasteiger partial charge < -0.3 is 19.5 Å². The first-order chi connectivity index (χ1) is 26.2. The van der Waals surface area contributed by atoms with E-state index in [9.17, 15) is 14.4 Å². The predicted molar refractivity (Wildman–Crippen MR) is 203 cm³/mol. The molecule has 0 amide bonds. The molecule has 54 heavy (non-hydrogen) atoms. The van der Waals surface area contributed by atoms with Crippen LogP contribution in [0.5, 0.6) is 23.3 Å². The summed E-state index contributed by atoms with van der Waals surface area (Å²) in [5.74, 6) is 2.95. The quantitative estimate of drug-likeness (QED) is 0.145. The van der Waals surface area contributed by atoms with Gasteiger partial charge in [0.15, 0.2) is 5.67 Å². The van der Waals surface area contributed by atoms with Crippen molar-refractivity contribution in [3.8, 4) is 41.1 Å². The van der Waals surface area contributed by atoms with Crippen LogP contribution in [-0.2, 0) is 4.74 Å². The predicted octanol–water partition coefficient (Wildman–Crippen LogP) is 9.14. The monoisotopic (exact) mass is 809 g/mol. The van der Waals surface area contributed by atoms with Crippen molar-refractivity contribution in [1.82, 2.24) is 19.7 Å². The first kappa shape index (κ1) is 37.0. The molecule has 2 aliphatic carbocycles. The van der Waals surface area contributed by atoms with Crippen LogP contribution in [0.25, 0.3) is 5.69 Å². The number of benzene rings is 2. The van der Waals surface area contributed by atoms with E-state index < -0.39 is 11.2 Å². The van der Waals surface area contributed by atoms with Crippen LogP contribution in [0.1, 0.15) is 72.6 Å². The number of ether oxygens (including phenoxy) is 3. The number of hydrogen-bond acceptors (Lipinski definition) is 10. The second-order valence-corrected chi connectivity index (χ2v) is 14.7. The van der Waals surface area contributed by atoms with Gasteiger partial charge in [-0.25, -0.2) is 14.4 Å². The van der Waals surface area contributed by atoms with Crippen molar-refractivity contribution < 1.29 is 18.6 Å². The van der Waals surface area contributed by atoms with Crippen molar-refractivity contribution in [2.45, 2.75) is 56.0 Å². The minimum absolute atomic E-state index is 0.00291. The molecule has 8 rings (SSSR count). The van der Waals surface area contributed by atoms with Gasteiger partial charge in [-0.2, -0.15) is 20.3 Å². The number of nitrogens with one attached hydrogen (secondary N) is 1. The lowest BCUT2D eigenvalue weighted by atomic mass is 9.99. The third kappa shape index (κ3) is 9.05. The molecule has 11 nitrogen and oxygen atoms in total. The van der Waals surface area contributed by atoms with Crippen molar-refractivity contribution >= 4 is 33.2 Å². The second kappa shape index (κ2) is 16.4. The number of halogens is 3. The average molecular weight is 811 g/mol. The van der Waals surface area contributed by atoms with E-state index in [-0.39, 0.29) is 29.7 Å². The van der Waals surface area contributed by atoms with Crippen LogP contribution in [0.3, 0.4) is 0 Å². The first-order valence-electron chi connectivity index (χ1n) is 17.5. The van der Waals surface area contributed by atoms with E-state index in [1.165, 1.54) is 30.8 Å². The Morgan fingerprint density at radius 1 is 0.907 bits per heavy atom. The van der Waals surface area contributed by atoms with Gasteiger partial charge in [-0.15, -0.1) is 0 Å². The Morgan fingerprint density at radius 2 is 1.52 bits per heavy atom. The molecule has 3 aromatic heterocycles. The number of aromatic nitrogens is 4. The Hall–Kier alpha value is -5.34. The number of pyridine rings is 2. The lowest BCUT2D eigenvalue weighted by Crippen LogP contribution is -2.40. The third-order valence-corrected chi connectivity index (χ3v) is 10.1. The summed E-state index contributed by atoms with van der Waals surface area (Å²) in [5, 5.41) is 25.5. The molecular formula is C40H34BrClFN7O4. The van der Waals surface area contributed by atoms with Gasteiger partial charge in [0.1, 0.15) is 28.7 Å². The Morgan fingerprint density at radius 3 is 2.02 bits per heavy atom. The van der Waals surface area contributed by atoms with E-state index in [0.717, 1.165) is 27.6 Å². The van der Waals surface area contributed by atoms with Crippen molar-refractivity contribution in [1.29, 1.82) is 10.5 Å². The number of alkyl halides is 1. The lowest BCUT2D eigenvalue weighted by molar-refractivity contribution is -0.0234. The largest absolute Gasteiger partial charge is 0.438 e. The van der Waals surface area contributed by atoms with Crippen LogP contribution in [-0.4, -0.2) is 45.2 Å². The first-order valence-corrected chi connectivity index (χ1v) is 18.7. The smallest absolute Gasteiger partial charge is 0.292 e. The summed E-state index contributed by atoms with van der Waals surface area (Å²) < 4.78 is 33.6. The Bertz CT molecular complexity index is 2280. The molecule has 1 aliphatic heterocycles. The highest BCUT2D eigenvalue weighted by atomic mass is 79.9. The number of nitrogens with zero attached hydrogens (tertiary/aromatic N) is 6. The average Bonchev–Trinajstić information content (AvgIpc) is 4.12. The molecule has 274 valence electrons. The van der Waals surface area contributed by atoms with Crippen LogP contribution >= 0.6 is 27.5 Å². The fourth-order valence-electron chi connectivity index (χ4n) is 5.93. The molecule has 0 spiro atoms. The topological polar surface area (TPSA) is 148 Å². The molecular weight excluding hydrogens is 777 g/mol. The molecule has 14 heteroatoms. The number of rotatable bonds is 10. The molecule has 1 N–H and O–H groups in total. The zero-order chi connectivity index (χ0) is 37.7. The Balaban J connectivity index is 0.000000199. The maximum absolute atomic E-state index is 14.8. The number of nitriles is 2. The van der Waals surface area contributed by atoms with Gasteiger partial charge in [0.2, 0.25) is 11.8 Å². The minimum atomic E-state index is -1.51. The number of anilines is 1. The van der Waals surface area contributed by atoms with Crippen LogP contribution in [0.15, 0.2) is 88.5 Å². The van der Waals surface area contributed by atoms with Gasteiger partial charge in [-0.3, -0.25) is 4.79 Å². The minimum Gasteiger partial charge on any atom is -0.438 e. The molecule has 4 heterocycles. The van der Waals surface area contributed by atoms with Crippen LogP contribution in [0, 0.1) is 22.7 Å². The standard InChI is InChI=1S/C25H23ClFN5O3.C15H11BrN2O/c26-23-20(30-14-25(27)8-1-9-34-15-25)13-31-32(24(23)33)19-6-7-22(29-12-19)35-21-10-17(16-2-3-16)4-5-18(21)11-28;16-13-5-6-15(18-9-13)19-14-7-11(10-1-2-10)3-4-12(14)8-17/h4-7,10,12-13,16,30H,1-3,8-9,14-15H2;3-7,9-10H,1-2H2/t25-;/m0./s1. The zero-order valence-corrected chi connectivity index (χ0v) is 31.3. The normalized spacial score (nSPS) is 17.6. The van der Waals surface area contributed by atoms with E-state index in [1.54, 1.807) is 30.5 Å². The van der Waals surface area contributed by atoms with Gasteiger partial charge in [0.05, 0.1) is 48.0 Å². The molecule has 0 bridgehead atoms. The maximum atomic E-state index is 14.8. The molecule has 2 aromatic carbocycles. The summed E-state index contributed by atoms with van der Waals surface area (Å²) in [5.41, 5.74) is 1.89. The highest BCUT2D eigenvalue weighted by molar-refractivity contribution is 9.10. The highest BCUT2D eigenvalue weighted by Gasteiger charge is 2.33. The van der Waals surface area contributed by atoms with Crippen molar-refractivity contribution in [2.24, 2.45) is 0 Å². The second-order valence-electron chi connectivity index (χ2n) is 13.4. The summed E-state index contributed by atoms with van der Waals surface area (Å²) in [4.78, 5) is 21.2. The van der Waals surface area contributed by atoms with Gasteiger partial charge >= 0.3 is 0 Å². The third-order valence-electron chi connectivity index (χ3n) is 9.23. The van der Waals surface area contributed by atoms with Gasteiger partial charge in [-0.05, 0) is 114 Å². The van der Waals surface area contributed by atoms with E-state index in [1.807, 2.05) is 36.4 Å².